The number of nitrogens with zero attached hydrogens (tertiary/aromatic N) is 3. The van der Waals surface area contributed by atoms with E-state index in [0.29, 0.717) is 12.1 Å². The molecule has 6 heteroatoms. The zero-order valence-electron chi connectivity index (χ0n) is 11.7. The molecule has 6 nitrogen and oxygen atoms in total. The Hall–Kier alpha value is -2.65. The molecule has 0 saturated heterocycles. The van der Waals surface area contributed by atoms with Gasteiger partial charge in [-0.2, -0.15) is 5.10 Å². The molecule has 2 rings (SSSR count). The van der Waals surface area contributed by atoms with Crippen molar-refractivity contribution in [3.63, 3.8) is 0 Å². The molecule has 21 heavy (non-hydrogen) atoms. The first-order valence-electron chi connectivity index (χ1n) is 6.51. The molecule has 0 unspecified atom stereocenters. The summed E-state index contributed by atoms with van der Waals surface area (Å²) >= 11 is 0. The molecular formula is C15H16N4O2. The first-order valence-corrected chi connectivity index (χ1v) is 6.51. The predicted octanol–water partition coefficient (Wildman–Crippen LogP) is 0.959. The molecule has 1 aromatic carbocycles. The number of hydrogen-bond donors (Lipinski definition) is 2. The molecule has 108 valence electrons. The van der Waals surface area contributed by atoms with Crippen LogP contribution in [0, 0.1) is 18.8 Å². The highest BCUT2D eigenvalue weighted by Gasteiger charge is 2.05. The smallest absolute Gasteiger partial charge is 0.246 e. The lowest BCUT2D eigenvalue weighted by atomic mass is 10.1. The Kier molecular flexibility index (Phi) is 5.07. The van der Waals surface area contributed by atoms with E-state index in [-0.39, 0.29) is 19.1 Å². The fraction of sp³-hybridized carbons (Fsp3) is 0.267. The number of hydrogen-bond acceptors (Lipinski definition) is 4. The number of aliphatic hydroxyl groups excluding tert-OH is 1. The van der Waals surface area contributed by atoms with Crippen molar-refractivity contribution in [2.45, 2.75) is 19.9 Å². The van der Waals surface area contributed by atoms with Gasteiger partial charge in [0.15, 0.2) is 0 Å². The highest BCUT2D eigenvalue weighted by molar-refractivity contribution is 5.90. The highest BCUT2D eigenvalue weighted by Crippen LogP contribution is 2.14. The van der Waals surface area contributed by atoms with Crippen LogP contribution < -0.4 is 5.32 Å². The first-order chi connectivity index (χ1) is 10.2. The van der Waals surface area contributed by atoms with E-state index >= 15 is 0 Å². The van der Waals surface area contributed by atoms with E-state index in [4.69, 9.17) is 5.11 Å². The van der Waals surface area contributed by atoms with Gasteiger partial charge >= 0.3 is 0 Å². The van der Waals surface area contributed by atoms with Crippen LogP contribution in [-0.2, 0) is 11.3 Å². The molecule has 0 aliphatic carbocycles. The summed E-state index contributed by atoms with van der Waals surface area (Å²) in [6.45, 7) is 2.09. The van der Waals surface area contributed by atoms with Gasteiger partial charge < -0.3 is 10.4 Å². The Bertz CT molecular complexity index is 669. The Morgan fingerprint density at radius 2 is 2.29 bits per heavy atom. The zero-order valence-corrected chi connectivity index (χ0v) is 11.7. The number of anilines is 1. The van der Waals surface area contributed by atoms with Crippen LogP contribution in [0.4, 0.5) is 5.69 Å². The Morgan fingerprint density at radius 3 is 3.00 bits per heavy atom. The van der Waals surface area contributed by atoms with Crippen LogP contribution in [0.3, 0.4) is 0 Å². The van der Waals surface area contributed by atoms with E-state index in [1.807, 2.05) is 19.1 Å². The zero-order chi connectivity index (χ0) is 15.1. The number of amides is 1. The molecule has 1 amide bonds. The average molecular weight is 284 g/mol. The van der Waals surface area contributed by atoms with E-state index in [2.05, 4.69) is 27.2 Å². The molecule has 0 aliphatic rings. The Morgan fingerprint density at radius 1 is 1.43 bits per heavy atom. The maximum Gasteiger partial charge on any atom is 0.246 e. The molecule has 0 atom stereocenters. The van der Waals surface area contributed by atoms with Gasteiger partial charge in [-0.25, -0.2) is 9.67 Å². The quantitative estimate of drug-likeness (QED) is 0.820. The van der Waals surface area contributed by atoms with Gasteiger partial charge in [0, 0.05) is 17.7 Å². The monoisotopic (exact) mass is 284 g/mol. The van der Waals surface area contributed by atoms with Crippen molar-refractivity contribution in [1.29, 1.82) is 0 Å². The van der Waals surface area contributed by atoms with Crippen molar-refractivity contribution in [2.24, 2.45) is 0 Å². The van der Waals surface area contributed by atoms with Gasteiger partial charge in [-0.3, -0.25) is 4.79 Å². The summed E-state index contributed by atoms with van der Waals surface area (Å²) in [4.78, 5) is 15.7. The van der Waals surface area contributed by atoms with E-state index in [9.17, 15) is 4.79 Å². The number of carbonyl (C=O) groups excluding carboxylic acids is 1. The van der Waals surface area contributed by atoms with Gasteiger partial charge in [-0.15, -0.1) is 0 Å². The van der Waals surface area contributed by atoms with Crippen molar-refractivity contribution < 1.29 is 9.90 Å². The second-order valence-electron chi connectivity index (χ2n) is 4.50. The van der Waals surface area contributed by atoms with Crippen LogP contribution in [-0.4, -0.2) is 32.4 Å². The minimum atomic E-state index is -0.180. The van der Waals surface area contributed by atoms with Gasteiger partial charge in [0.2, 0.25) is 5.91 Å². The summed E-state index contributed by atoms with van der Waals surface area (Å²) in [7, 11) is 0. The normalized spacial score (nSPS) is 9.81. The summed E-state index contributed by atoms with van der Waals surface area (Å²) in [5.74, 6) is 5.64. The van der Waals surface area contributed by atoms with Gasteiger partial charge in [0.05, 0.1) is 6.61 Å². The fourth-order valence-corrected chi connectivity index (χ4v) is 1.81. The number of aliphatic hydroxyl groups is 1. The highest BCUT2D eigenvalue weighted by atomic mass is 16.2. The van der Waals surface area contributed by atoms with Crippen LogP contribution >= 0.6 is 0 Å². The van der Waals surface area contributed by atoms with Crippen LogP contribution in [0.5, 0.6) is 0 Å². The van der Waals surface area contributed by atoms with Crippen LogP contribution in [0.25, 0.3) is 0 Å². The standard InChI is InChI=1S/C15H16N4O2/c1-12-6-13(4-2-3-5-20)8-14(7-12)18-15(21)9-19-11-16-10-17-19/h6-8,10-11,20H,3,5,9H2,1H3,(H,18,21). The lowest BCUT2D eigenvalue weighted by molar-refractivity contribution is -0.116. The molecule has 0 bridgehead atoms. The van der Waals surface area contributed by atoms with Gasteiger partial charge in [-0.1, -0.05) is 11.8 Å². The number of carbonyl (C=O) groups is 1. The van der Waals surface area contributed by atoms with E-state index in [1.165, 1.54) is 17.3 Å². The maximum atomic E-state index is 11.9. The first kappa shape index (κ1) is 14.8. The van der Waals surface area contributed by atoms with Crippen molar-refractivity contribution >= 4 is 11.6 Å². The maximum absolute atomic E-state index is 11.9. The van der Waals surface area contributed by atoms with Crippen molar-refractivity contribution in [1.82, 2.24) is 14.8 Å². The summed E-state index contributed by atoms with van der Waals surface area (Å²) < 4.78 is 1.45. The number of benzene rings is 1. The van der Waals surface area contributed by atoms with Gasteiger partial charge in [0.1, 0.15) is 19.2 Å². The lowest BCUT2D eigenvalue weighted by Gasteiger charge is -2.07. The number of rotatable bonds is 4. The second kappa shape index (κ2) is 7.22. The third-order valence-electron chi connectivity index (χ3n) is 2.60. The summed E-state index contributed by atoms with van der Waals surface area (Å²) in [5, 5.41) is 15.4. The third kappa shape index (κ3) is 4.75. The Labute approximate surface area is 122 Å². The number of aromatic nitrogens is 3. The van der Waals surface area contributed by atoms with Crippen LogP contribution in [0.1, 0.15) is 17.5 Å². The van der Waals surface area contributed by atoms with E-state index in [0.717, 1.165) is 11.1 Å². The van der Waals surface area contributed by atoms with Crippen molar-refractivity contribution in [3.05, 3.63) is 42.0 Å². The average Bonchev–Trinajstić information content (AvgIpc) is 2.91. The molecule has 0 radical (unpaired) electrons. The summed E-state index contributed by atoms with van der Waals surface area (Å²) in [6.07, 6.45) is 3.30. The van der Waals surface area contributed by atoms with Crippen LogP contribution in [0.2, 0.25) is 0 Å². The second-order valence-corrected chi connectivity index (χ2v) is 4.50. The largest absolute Gasteiger partial charge is 0.395 e. The Balaban J connectivity index is 2.06. The van der Waals surface area contributed by atoms with E-state index in [1.54, 1.807) is 6.07 Å². The molecule has 0 saturated carbocycles. The fourth-order valence-electron chi connectivity index (χ4n) is 1.81. The minimum Gasteiger partial charge on any atom is -0.395 e. The number of aryl methyl sites for hydroxylation is 1. The lowest BCUT2D eigenvalue weighted by Crippen LogP contribution is -2.19. The molecular weight excluding hydrogens is 268 g/mol. The van der Waals surface area contributed by atoms with Gasteiger partial charge in [-0.05, 0) is 30.7 Å². The van der Waals surface area contributed by atoms with Crippen LogP contribution in [0.15, 0.2) is 30.9 Å². The molecule has 1 heterocycles. The molecule has 0 fully saturated rings. The topological polar surface area (TPSA) is 80.0 Å². The molecule has 1 aromatic heterocycles. The van der Waals surface area contributed by atoms with E-state index < -0.39 is 0 Å². The van der Waals surface area contributed by atoms with Gasteiger partial charge in [0.25, 0.3) is 0 Å². The predicted molar refractivity (Wildman–Crippen MR) is 78.4 cm³/mol. The van der Waals surface area contributed by atoms with Crippen molar-refractivity contribution in [3.8, 4) is 11.8 Å². The van der Waals surface area contributed by atoms with Crippen molar-refractivity contribution in [2.75, 3.05) is 11.9 Å². The minimum absolute atomic E-state index is 0.0420. The third-order valence-corrected chi connectivity index (χ3v) is 2.60. The summed E-state index contributed by atoms with van der Waals surface area (Å²) in [6, 6.07) is 5.60. The molecule has 0 aliphatic heterocycles. The molecule has 0 spiro atoms. The summed E-state index contributed by atoms with van der Waals surface area (Å²) in [5.41, 5.74) is 2.50. The SMILES string of the molecule is Cc1cc(C#CCCO)cc(NC(=O)Cn2cncn2)c1. The molecule has 2 N–H and O–H groups in total. The molecule has 2 aromatic rings. The number of nitrogens with one attached hydrogen (secondary N) is 1.